The molecule has 0 aromatic heterocycles. The van der Waals surface area contributed by atoms with Crippen LogP contribution in [0.5, 0.6) is 0 Å². The fraction of sp³-hybridized carbons (Fsp3) is 0.235. The maximum atomic E-state index is 11.7. The lowest BCUT2D eigenvalue weighted by Gasteiger charge is -2.26. The Morgan fingerprint density at radius 2 is 1.62 bits per heavy atom. The van der Waals surface area contributed by atoms with Crippen LogP contribution in [0.2, 0.25) is 0 Å². The minimum absolute atomic E-state index is 0.332. The van der Waals surface area contributed by atoms with Crippen LogP contribution in [0.25, 0.3) is 0 Å². The molecule has 1 aliphatic heterocycles. The van der Waals surface area contributed by atoms with Gasteiger partial charge in [0.25, 0.3) is 0 Å². The van der Waals surface area contributed by atoms with Gasteiger partial charge in [-0.05, 0) is 24.6 Å². The van der Waals surface area contributed by atoms with Crippen LogP contribution in [0.3, 0.4) is 0 Å². The van der Waals surface area contributed by atoms with Gasteiger partial charge in [-0.25, -0.2) is 5.06 Å². The van der Waals surface area contributed by atoms with Crippen LogP contribution in [0.4, 0.5) is 5.69 Å². The first kappa shape index (κ1) is 13.6. The molecule has 1 heterocycles. The van der Waals surface area contributed by atoms with Gasteiger partial charge in [-0.15, -0.1) is 0 Å². The second-order valence-electron chi connectivity index (χ2n) is 5.19. The van der Waals surface area contributed by atoms with Gasteiger partial charge in [-0.2, -0.15) is 0 Å². The normalized spacial score (nSPS) is 25.0. The molecule has 108 valence electrons. The topological polar surface area (TPSA) is 49.8 Å². The number of rotatable bonds is 3. The van der Waals surface area contributed by atoms with E-state index in [1.807, 2.05) is 60.7 Å². The number of carboxylic acid groups (broad SMARTS) is 1. The molecular formula is C17H17NO3. The van der Waals surface area contributed by atoms with E-state index in [4.69, 9.17) is 4.84 Å². The molecule has 4 heteroatoms. The van der Waals surface area contributed by atoms with Crippen molar-refractivity contribution in [3.8, 4) is 0 Å². The highest BCUT2D eigenvalue weighted by Gasteiger charge is 2.46. The highest BCUT2D eigenvalue weighted by atomic mass is 16.7. The molecule has 0 saturated carbocycles. The Kier molecular flexibility index (Phi) is 3.62. The zero-order chi connectivity index (χ0) is 14.8. The minimum Gasteiger partial charge on any atom is -0.481 e. The number of para-hydroxylation sites is 1. The first-order chi connectivity index (χ1) is 10.2. The average molecular weight is 283 g/mol. The Morgan fingerprint density at radius 3 is 2.19 bits per heavy atom. The Bertz CT molecular complexity index is 614. The molecule has 0 amide bonds. The van der Waals surface area contributed by atoms with Gasteiger partial charge in [-0.3, -0.25) is 9.63 Å². The smallest absolute Gasteiger partial charge is 0.311 e. The quantitative estimate of drug-likeness (QED) is 0.939. The SMILES string of the molecule is C[C@H]1ON(c2ccccc2)[C@H](c2ccccc2)[C@@H]1C(=O)O. The van der Waals surface area contributed by atoms with E-state index < -0.39 is 11.9 Å². The van der Waals surface area contributed by atoms with Crippen molar-refractivity contribution in [1.29, 1.82) is 0 Å². The third-order valence-electron chi connectivity index (χ3n) is 3.82. The summed E-state index contributed by atoms with van der Waals surface area (Å²) in [5.74, 6) is -1.44. The van der Waals surface area contributed by atoms with Crippen molar-refractivity contribution in [3.63, 3.8) is 0 Å². The molecule has 3 rings (SSSR count). The predicted molar refractivity (Wildman–Crippen MR) is 79.8 cm³/mol. The number of aliphatic carboxylic acids is 1. The first-order valence-electron chi connectivity index (χ1n) is 6.97. The van der Waals surface area contributed by atoms with Crippen LogP contribution in [-0.4, -0.2) is 17.2 Å². The predicted octanol–water partition coefficient (Wildman–Crippen LogP) is 3.27. The van der Waals surface area contributed by atoms with Crippen LogP contribution in [0, 0.1) is 5.92 Å². The van der Waals surface area contributed by atoms with Crippen molar-refractivity contribution in [2.75, 3.05) is 5.06 Å². The second kappa shape index (κ2) is 5.58. The van der Waals surface area contributed by atoms with Gasteiger partial charge in [0.2, 0.25) is 0 Å². The summed E-state index contributed by atoms with van der Waals surface area (Å²) in [7, 11) is 0. The van der Waals surface area contributed by atoms with E-state index in [9.17, 15) is 9.90 Å². The molecule has 1 saturated heterocycles. The maximum absolute atomic E-state index is 11.7. The van der Waals surface area contributed by atoms with Crippen LogP contribution in [0.15, 0.2) is 60.7 Å². The van der Waals surface area contributed by atoms with E-state index in [1.165, 1.54) is 0 Å². The standard InChI is InChI=1S/C17H17NO3/c1-12-15(17(19)20)16(13-8-4-2-5-9-13)18(21-12)14-10-6-3-7-11-14/h2-12,15-16H,1H3,(H,19,20)/t12-,15-,16-/m1/s1. The second-order valence-corrected chi connectivity index (χ2v) is 5.19. The van der Waals surface area contributed by atoms with Crippen molar-refractivity contribution in [1.82, 2.24) is 0 Å². The zero-order valence-corrected chi connectivity index (χ0v) is 11.7. The number of anilines is 1. The van der Waals surface area contributed by atoms with E-state index in [-0.39, 0.29) is 12.1 Å². The fourth-order valence-corrected chi connectivity index (χ4v) is 2.84. The van der Waals surface area contributed by atoms with Crippen LogP contribution >= 0.6 is 0 Å². The Labute approximate surface area is 123 Å². The monoisotopic (exact) mass is 283 g/mol. The van der Waals surface area contributed by atoms with E-state index in [0.29, 0.717) is 0 Å². The molecule has 0 unspecified atom stereocenters. The molecule has 1 N–H and O–H groups in total. The Hall–Kier alpha value is -2.33. The summed E-state index contributed by atoms with van der Waals surface area (Å²) in [4.78, 5) is 17.5. The lowest BCUT2D eigenvalue weighted by Crippen LogP contribution is -2.29. The van der Waals surface area contributed by atoms with Gasteiger partial charge >= 0.3 is 5.97 Å². The molecule has 0 aliphatic carbocycles. The number of carbonyl (C=O) groups is 1. The maximum Gasteiger partial charge on any atom is 0.311 e. The molecule has 1 aliphatic rings. The summed E-state index contributed by atoms with van der Waals surface area (Å²) in [6.45, 7) is 1.80. The molecule has 0 radical (unpaired) electrons. The van der Waals surface area contributed by atoms with Crippen molar-refractivity contribution in [3.05, 3.63) is 66.2 Å². The number of hydroxylamine groups is 1. The summed E-state index contributed by atoms with van der Waals surface area (Å²) in [5.41, 5.74) is 1.81. The third kappa shape index (κ3) is 2.50. The highest BCUT2D eigenvalue weighted by molar-refractivity contribution is 5.74. The van der Waals surface area contributed by atoms with Crippen molar-refractivity contribution in [2.24, 2.45) is 5.92 Å². The van der Waals surface area contributed by atoms with Gasteiger partial charge < -0.3 is 5.11 Å². The lowest BCUT2D eigenvalue weighted by molar-refractivity contribution is -0.143. The van der Waals surface area contributed by atoms with Gasteiger partial charge in [0, 0.05) is 0 Å². The van der Waals surface area contributed by atoms with Gasteiger partial charge in [-0.1, -0.05) is 48.5 Å². The van der Waals surface area contributed by atoms with Crippen molar-refractivity contribution < 1.29 is 14.7 Å². The fourth-order valence-electron chi connectivity index (χ4n) is 2.84. The number of benzene rings is 2. The number of nitrogens with zero attached hydrogens (tertiary/aromatic N) is 1. The van der Waals surface area contributed by atoms with Crippen molar-refractivity contribution >= 4 is 11.7 Å². The summed E-state index contributed by atoms with van der Waals surface area (Å²) in [5, 5.41) is 11.3. The van der Waals surface area contributed by atoms with Crippen LogP contribution in [0.1, 0.15) is 18.5 Å². The molecule has 3 atom stereocenters. The minimum atomic E-state index is -0.838. The lowest BCUT2D eigenvalue weighted by atomic mass is 9.90. The number of carboxylic acids is 1. The molecule has 0 spiro atoms. The van der Waals surface area contributed by atoms with Crippen molar-refractivity contribution in [2.45, 2.75) is 19.1 Å². The number of hydrogen-bond acceptors (Lipinski definition) is 3. The number of hydrogen-bond donors (Lipinski definition) is 1. The average Bonchev–Trinajstić information content (AvgIpc) is 2.86. The third-order valence-corrected chi connectivity index (χ3v) is 3.82. The van der Waals surface area contributed by atoms with E-state index in [0.717, 1.165) is 11.3 Å². The first-order valence-corrected chi connectivity index (χ1v) is 6.97. The molecule has 21 heavy (non-hydrogen) atoms. The van der Waals surface area contributed by atoms with Crippen LogP contribution < -0.4 is 5.06 Å². The van der Waals surface area contributed by atoms with Crippen LogP contribution in [-0.2, 0) is 9.63 Å². The summed E-state index contributed by atoms with van der Waals surface area (Å²) in [6.07, 6.45) is -0.382. The molecular weight excluding hydrogens is 266 g/mol. The molecule has 2 aromatic rings. The molecule has 1 fully saturated rings. The molecule has 2 aromatic carbocycles. The van der Waals surface area contributed by atoms with Gasteiger partial charge in [0.1, 0.15) is 5.92 Å². The van der Waals surface area contributed by atoms with Gasteiger partial charge in [0.15, 0.2) is 0 Å². The largest absolute Gasteiger partial charge is 0.481 e. The summed E-state index contributed by atoms with van der Waals surface area (Å²) < 4.78 is 0. The molecule has 0 bridgehead atoms. The van der Waals surface area contributed by atoms with E-state index in [2.05, 4.69) is 0 Å². The Morgan fingerprint density at radius 1 is 1.05 bits per heavy atom. The van der Waals surface area contributed by atoms with E-state index in [1.54, 1.807) is 12.0 Å². The Balaban J connectivity index is 2.05. The summed E-state index contributed by atoms with van der Waals surface area (Å²) >= 11 is 0. The van der Waals surface area contributed by atoms with Gasteiger partial charge in [0.05, 0.1) is 17.8 Å². The molecule has 4 nitrogen and oxygen atoms in total. The van der Waals surface area contributed by atoms with E-state index >= 15 is 0 Å². The summed E-state index contributed by atoms with van der Waals surface area (Å²) in [6, 6.07) is 18.9. The highest BCUT2D eigenvalue weighted by Crippen LogP contribution is 2.42. The zero-order valence-electron chi connectivity index (χ0n) is 11.7.